The van der Waals surface area contributed by atoms with E-state index in [0.717, 1.165) is 12.8 Å². The summed E-state index contributed by atoms with van der Waals surface area (Å²) in [4.78, 5) is 0. The van der Waals surface area contributed by atoms with E-state index in [4.69, 9.17) is 11.6 Å². The smallest absolute Gasteiger partial charge is 0.252 e. The van der Waals surface area contributed by atoms with E-state index >= 15 is 0 Å². The molecule has 0 radical (unpaired) electrons. The van der Waals surface area contributed by atoms with Gasteiger partial charge in [-0.1, -0.05) is 11.6 Å². The summed E-state index contributed by atoms with van der Waals surface area (Å²) in [6, 6.07) is 1.94. The number of halogens is 2. The molecular formula is C12H18BrClN2O2S2. The molecule has 0 amide bonds. The van der Waals surface area contributed by atoms with Gasteiger partial charge in [0, 0.05) is 19.1 Å². The minimum absolute atomic E-state index is 0.314. The molecule has 114 valence electrons. The number of hydrogen-bond acceptors (Lipinski definition) is 4. The van der Waals surface area contributed by atoms with Gasteiger partial charge in [-0.3, -0.25) is 0 Å². The molecule has 1 fully saturated rings. The molecular weight excluding hydrogens is 384 g/mol. The maximum Gasteiger partial charge on any atom is 0.252 e. The second-order valence-electron chi connectivity index (χ2n) is 5.01. The number of rotatable bonds is 4. The maximum atomic E-state index is 12.5. The average Bonchev–Trinajstić information content (AvgIpc) is 2.78. The minimum Gasteiger partial charge on any atom is -0.317 e. The first kappa shape index (κ1) is 16.7. The third-order valence-corrected chi connectivity index (χ3v) is 8.70. The third kappa shape index (κ3) is 3.39. The highest BCUT2D eigenvalue weighted by Gasteiger charge is 2.32. The molecule has 0 aromatic carbocycles. The molecule has 0 saturated carbocycles. The Labute approximate surface area is 137 Å². The molecule has 1 aromatic rings. The van der Waals surface area contributed by atoms with Crippen molar-refractivity contribution in [1.29, 1.82) is 0 Å². The predicted octanol–water partition coefficient (Wildman–Crippen LogP) is 3.17. The quantitative estimate of drug-likeness (QED) is 0.843. The number of thiophene rings is 1. The third-order valence-electron chi connectivity index (χ3n) is 3.88. The molecule has 0 bridgehead atoms. The number of sulfonamides is 1. The first-order valence-corrected chi connectivity index (χ1v) is 9.91. The van der Waals surface area contributed by atoms with E-state index in [2.05, 4.69) is 28.2 Å². The Bertz CT molecular complexity index is 549. The molecule has 1 atom stereocenters. The number of piperidine rings is 1. The van der Waals surface area contributed by atoms with Crippen LogP contribution in [0.5, 0.6) is 0 Å². The van der Waals surface area contributed by atoms with Crippen molar-refractivity contribution in [2.75, 3.05) is 20.1 Å². The molecule has 1 unspecified atom stereocenters. The van der Waals surface area contributed by atoms with Gasteiger partial charge in [-0.05, 0) is 54.7 Å². The summed E-state index contributed by atoms with van der Waals surface area (Å²) in [7, 11) is -1.46. The van der Waals surface area contributed by atoms with Crippen LogP contribution in [0.1, 0.15) is 19.8 Å². The maximum absolute atomic E-state index is 12.5. The Morgan fingerprint density at radius 2 is 2.10 bits per heavy atom. The zero-order chi connectivity index (χ0) is 14.9. The Hall–Kier alpha value is 0.340. The van der Waals surface area contributed by atoms with Crippen molar-refractivity contribution in [2.45, 2.75) is 30.0 Å². The van der Waals surface area contributed by atoms with Gasteiger partial charge in [0.05, 0.1) is 8.81 Å². The normalized spacial score (nSPS) is 20.2. The van der Waals surface area contributed by atoms with Gasteiger partial charge < -0.3 is 5.32 Å². The lowest BCUT2D eigenvalue weighted by atomic mass is 9.91. The average molecular weight is 402 g/mol. The Kier molecular flexibility index (Phi) is 5.53. The van der Waals surface area contributed by atoms with E-state index in [1.807, 2.05) is 7.05 Å². The minimum atomic E-state index is -3.40. The highest BCUT2D eigenvalue weighted by atomic mass is 79.9. The topological polar surface area (TPSA) is 49.4 Å². The molecule has 1 saturated heterocycles. The van der Waals surface area contributed by atoms with Crippen LogP contribution in [0.15, 0.2) is 14.1 Å². The largest absolute Gasteiger partial charge is 0.317 e. The summed E-state index contributed by atoms with van der Waals surface area (Å²) in [5.74, 6) is 0.533. The summed E-state index contributed by atoms with van der Waals surface area (Å²) >= 11 is 10.4. The van der Waals surface area contributed by atoms with Crippen molar-refractivity contribution < 1.29 is 8.42 Å². The molecule has 2 heterocycles. The lowest BCUT2D eigenvalue weighted by molar-refractivity contribution is 0.237. The van der Waals surface area contributed by atoms with Gasteiger partial charge in [-0.25, -0.2) is 8.42 Å². The monoisotopic (exact) mass is 400 g/mol. The van der Waals surface area contributed by atoms with E-state index in [1.165, 1.54) is 17.4 Å². The van der Waals surface area contributed by atoms with Crippen molar-refractivity contribution in [1.82, 2.24) is 9.62 Å². The van der Waals surface area contributed by atoms with Crippen LogP contribution >= 0.6 is 38.9 Å². The van der Waals surface area contributed by atoms with Crippen LogP contribution in [-0.4, -0.2) is 38.9 Å². The van der Waals surface area contributed by atoms with Crippen LogP contribution in [-0.2, 0) is 10.0 Å². The molecule has 4 nitrogen and oxygen atoms in total. The standard InChI is InChI=1S/C12H18BrClN2O2S2/c1-8(15-2)9-3-5-16(6-4-9)20(17,18)11-7-10(14)12(13)19-11/h7-9,15H,3-6H2,1-2H3. The van der Waals surface area contributed by atoms with Gasteiger partial charge in [0.1, 0.15) is 4.21 Å². The molecule has 0 aliphatic carbocycles. The fourth-order valence-electron chi connectivity index (χ4n) is 2.43. The van der Waals surface area contributed by atoms with Crippen LogP contribution in [0.4, 0.5) is 0 Å². The Balaban J connectivity index is 2.09. The summed E-state index contributed by atoms with van der Waals surface area (Å²) < 4.78 is 27.6. The Morgan fingerprint density at radius 3 is 2.55 bits per heavy atom. The molecule has 0 spiro atoms. The SMILES string of the molecule is CNC(C)C1CCN(S(=O)(=O)c2cc(Cl)c(Br)s2)CC1. The zero-order valence-corrected chi connectivity index (χ0v) is 15.4. The highest BCUT2D eigenvalue weighted by molar-refractivity contribution is 9.11. The fourth-order valence-corrected chi connectivity index (χ4v) is 6.46. The zero-order valence-electron chi connectivity index (χ0n) is 11.4. The lowest BCUT2D eigenvalue weighted by Crippen LogP contribution is -2.43. The van der Waals surface area contributed by atoms with E-state index in [-0.39, 0.29) is 0 Å². The predicted molar refractivity (Wildman–Crippen MR) is 87.0 cm³/mol. The van der Waals surface area contributed by atoms with Crippen molar-refractivity contribution in [3.05, 3.63) is 14.9 Å². The van der Waals surface area contributed by atoms with Crippen molar-refractivity contribution in [3.8, 4) is 0 Å². The van der Waals surface area contributed by atoms with E-state index in [9.17, 15) is 8.42 Å². The van der Waals surface area contributed by atoms with Gasteiger partial charge in [0.15, 0.2) is 0 Å². The van der Waals surface area contributed by atoms with Crippen LogP contribution in [0.25, 0.3) is 0 Å². The molecule has 1 N–H and O–H groups in total. The Morgan fingerprint density at radius 1 is 1.50 bits per heavy atom. The highest BCUT2D eigenvalue weighted by Crippen LogP contribution is 2.37. The van der Waals surface area contributed by atoms with Crippen molar-refractivity contribution in [3.63, 3.8) is 0 Å². The summed E-state index contributed by atoms with van der Waals surface area (Å²) in [6.07, 6.45) is 1.78. The first-order chi connectivity index (χ1) is 9.36. The lowest BCUT2D eigenvalue weighted by Gasteiger charge is -2.33. The summed E-state index contributed by atoms with van der Waals surface area (Å²) in [6.45, 7) is 3.29. The van der Waals surface area contributed by atoms with Crippen LogP contribution in [0, 0.1) is 5.92 Å². The van der Waals surface area contributed by atoms with Gasteiger partial charge in [-0.15, -0.1) is 11.3 Å². The number of hydrogen-bond donors (Lipinski definition) is 1. The van der Waals surface area contributed by atoms with E-state index in [0.29, 0.717) is 38.1 Å². The van der Waals surface area contributed by atoms with Gasteiger partial charge in [-0.2, -0.15) is 4.31 Å². The van der Waals surface area contributed by atoms with Crippen molar-refractivity contribution in [2.24, 2.45) is 5.92 Å². The molecule has 1 aromatic heterocycles. The number of nitrogens with zero attached hydrogens (tertiary/aromatic N) is 1. The van der Waals surface area contributed by atoms with Gasteiger partial charge >= 0.3 is 0 Å². The molecule has 2 rings (SSSR count). The summed E-state index contributed by atoms with van der Waals surface area (Å²) in [5, 5.41) is 3.69. The molecule has 8 heteroatoms. The number of nitrogens with one attached hydrogen (secondary N) is 1. The van der Waals surface area contributed by atoms with Crippen LogP contribution in [0.3, 0.4) is 0 Å². The van der Waals surface area contributed by atoms with Gasteiger partial charge in [0.25, 0.3) is 10.0 Å². The van der Waals surface area contributed by atoms with Crippen LogP contribution in [0.2, 0.25) is 5.02 Å². The molecule has 1 aliphatic rings. The summed E-state index contributed by atoms with van der Waals surface area (Å²) in [5.41, 5.74) is 0. The second kappa shape index (κ2) is 6.62. The van der Waals surface area contributed by atoms with Crippen LogP contribution < -0.4 is 5.32 Å². The fraction of sp³-hybridized carbons (Fsp3) is 0.667. The second-order valence-corrected chi connectivity index (χ2v) is 9.95. The van der Waals surface area contributed by atoms with Gasteiger partial charge in [0.2, 0.25) is 0 Å². The van der Waals surface area contributed by atoms with E-state index < -0.39 is 10.0 Å². The molecule has 20 heavy (non-hydrogen) atoms. The van der Waals surface area contributed by atoms with Crippen molar-refractivity contribution >= 4 is 48.9 Å². The first-order valence-electron chi connectivity index (χ1n) is 6.48. The van der Waals surface area contributed by atoms with E-state index in [1.54, 1.807) is 4.31 Å². The molecule has 1 aliphatic heterocycles.